The average molecular weight is 504 g/mol. The Balaban J connectivity index is 1.48. The number of carbonyl (C=O) groups is 3. The Labute approximate surface area is 216 Å². The third-order valence-corrected chi connectivity index (χ3v) is 6.67. The van der Waals surface area contributed by atoms with E-state index in [0.717, 1.165) is 16.9 Å². The van der Waals surface area contributed by atoms with Gasteiger partial charge in [-0.2, -0.15) is 0 Å². The van der Waals surface area contributed by atoms with Gasteiger partial charge in [0.2, 0.25) is 5.91 Å². The number of methoxy groups -OCH3 is 1. The van der Waals surface area contributed by atoms with E-state index in [2.05, 4.69) is 15.6 Å². The highest BCUT2D eigenvalue weighted by Gasteiger charge is 2.48. The molecule has 2 N–H and O–H groups in total. The third-order valence-electron chi connectivity index (χ3n) is 6.67. The molecule has 1 aliphatic rings. The number of ether oxygens (including phenoxy) is 1. The highest BCUT2D eigenvalue weighted by atomic mass is 16.5. The maximum atomic E-state index is 13.6. The first-order chi connectivity index (χ1) is 17.9. The first kappa shape index (κ1) is 25.9. The number of imidazole rings is 1. The number of aromatic nitrogens is 2. The SMILES string of the molecule is CCCN1C(=O)c2c(C(=O)NCCc3ccccc3)ncn2C[C@]1(C)C(=O)NCc1ccc(OC)cc1. The van der Waals surface area contributed by atoms with Crippen molar-refractivity contribution in [2.24, 2.45) is 0 Å². The summed E-state index contributed by atoms with van der Waals surface area (Å²) in [6.45, 7) is 5.03. The van der Waals surface area contributed by atoms with Crippen molar-refractivity contribution in [3.63, 3.8) is 0 Å². The molecule has 194 valence electrons. The topological polar surface area (TPSA) is 106 Å². The summed E-state index contributed by atoms with van der Waals surface area (Å²) in [6.07, 6.45) is 2.81. The van der Waals surface area contributed by atoms with E-state index in [-0.39, 0.29) is 29.7 Å². The van der Waals surface area contributed by atoms with Crippen molar-refractivity contribution in [2.45, 2.75) is 45.3 Å². The molecule has 0 fully saturated rings. The number of hydrogen-bond donors (Lipinski definition) is 2. The Hall–Kier alpha value is -4.14. The zero-order valence-corrected chi connectivity index (χ0v) is 21.5. The molecule has 9 nitrogen and oxygen atoms in total. The summed E-state index contributed by atoms with van der Waals surface area (Å²) in [5.41, 5.74) is 1.19. The van der Waals surface area contributed by atoms with Crippen LogP contribution >= 0.6 is 0 Å². The maximum absolute atomic E-state index is 13.6. The van der Waals surface area contributed by atoms with Gasteiger partial charge >= 0.3 is 0 Å². The zero-order chi connectivity index (χ0) is 26.4. The van der Waals surface area contributed by atoms with Crippen LogP contribution in [0.5, 0.6) is 5.75 Å². The van der Waals surface area contributed by atoms with Crippen LogP contribution in [0.3, 0.4) is 0 Å². The molecule has 0 saturated heterocycles. The molecule has 37 heavy (non-hydrogen) atoms. The highest BCUT2D eigenvalue weighted by Crippen LogP contribution is 2.29. The van der Waals surface area contributed by atoms with Crippen LogP contribution in [0.2, 0.25) is 0 Å². The third kappa shape index (κ3) is 5.50. The number of nitrogens with one attached hydrogen (secondary N) is 2. The fourth-order valence-electron chi connectivity index (χ4n) is 4.59. The fraction of sp³-hybridized carbons (Fsp3) is 0.357. The minimum Gasteiger partial charge on any atom is -0.497 e. The van der Waals surface area contributed by atoms with Gasteiger partial charge < -0.3 is 24.8 Å². The summed E-state index contributed by atoms with van der Waals surface area (Å²) in [6, 6.07) is 17.3. The van der Waals surface area contributed by atoms with E-state index in [1.807, 2.05) is 61.5 Å². The second kappa shape index (κ2) is 11.3. The van der Waals surface area contributed by atoms with Gasteiger partial charge in [0.15, 0.2) is 5.69 Å². The highest BCUT2D eigenvalue weighted by molar-refractivity contribution is 6.07. The molecule has 0 unspecified atom stereocenters. The summed E-state index contributed by atoms with van der Waals surface area (Å²) in [5, 5.41) is 5.84. The molecule has 3 aromatic rings. The molecule has 1 atom stereocenters. The number of nitrogens with zero attached hydrogens (tertiary/aromatic N) is 3. The lowest BCUT2D eigenvalue weighted by atomic mass is 9.94. The van der Waals surface area contributed by atoms with Crippen molar-refractivity contribution in [1.29, 1.82) is 0 Å². The maximum Gasteiger partial charge on any atom is 0.273 e. The van der Waals surface area contributed by atoms with E-state index in [1.165, 1.54) is 6.33 Å². The van der Waals surface area contributed by atoms with Crippen LogP contribution < -0.4 is 15.4 Å². The summed E-state index contributed by atoms with van der Waals surface area (Å²) in [7, 11) is 1.60. The standard InChI is InChI=1S/C28H33N5O4/c1-4-16-33-26(35)24-23(25(34)29-15-14-20-8-6-5-7-9-20)31-19-32(24)18-28(33,2)27(36)30-17-21-10-12-22(37-3)13-11-21/h5-13,19H,4,14-18H2,1-3H3,(H,29,34)(H,30,36)/t28-/m1/s1. The van der Waals surface area contributed by atoms with Gasteiger partial charge in [-0.05, 0) is 43.0 Å². The first-order valence-electron chi connectivity index (χ1n) is 12.5. The van der Waals surface area contributed by atoms with E-state index in [0.29, 0.717) is 32.5 Å². The van der Waals surface area contributed by atoms with Gasteiger partial charge in [-0.1, -0.05) is 49.4 Å². The Morgan fingerprint density at radius 3 is 2.46 bits per heavy atom. The van der Waals surface area contributed by atoms with Crippen molar-refractivity contribution in [3.8, 4) is 5.75 Å². The van der Waals surface area contributed by atoms with Gasteiger partial charge in [0, 0.05) is 19.6 Å². The number of carbonyl (C=O) groups excluding carboxylic acids is 3. The summed E-state index contributed by atoms with van der Waals surface area (Å²) >= 11 is 0. The molecule has 0 spiro atoms. The fourth-order valence-corrected chi connectivity index (χ4v) is 4.59. The van der Waals surface area contributed by atoms with E-state index < -0.39 is 11.4 Å². The minimum atomic E-state index is -1.13. The van der Waals surface area contributed by atoms with Crippen molar-refractivity contribution in [2.75, 3.05) is 20.2 Å². The number of benzene rings is 2. The van der Waals surface area contributed by atoms with Crippen molar-refractivity contribution in [3.05, 3.63) is 83.4 Å². The van der Waals surface area contributed by atoms with Crippen molar-refractivity contribution in [1.82, 2.24) is 25.1 Å². The van der Waals surface area contributed by atoms with Crippen LogP contribution in [0.4, 0.5) is 0 Å². The van der Waals surface area contributed by atoms with Crippen LogP contribution in [-0.4, -0.2) is 57.9 Å². The van der Waals surface area contributed by atoms with Gasteiger partial charge in [0.1, 0.15) is 17.0 Å². The van der Waals surface area contributed by atoms with Crippen LogP contribution in [0.25, 0.3) is 0 Å². The molecule has 3 amide bonds. The summed E-state index contributed by atoms with van der Waals surface area (Å²) in [4.78, 5) is 45.8. The summed E-state index contributed by atoms with van der Waals surface area (Å²) in [5.74, 6) is -0.303. The molecule has 2 aromatic carbocycles. The molecule has 0 saturated carbocycles. The molecule has 2 heterocycles. The summed E-state index contributed by atoms with van der Waals surface area (Å²) < 4.78 is 6.80. The quantitative estimate of drug-likeness (QED) is 0.443. The normalized spacial score (nSPS) is 16.7. The molecular weight excluding hydrogens is 470 g/mol. The van der Waals surface area contributed by atoms with Gasteiger partial charge in [0.25, 0.3) is 11.8 Å². The second-order valence-electron chi connectivity index (χ2n) is 9.32. The number of hydrogen-bond acceptors (Lipinski definition) is 5. The van der Waals surface area contributed by atoms with Gasteiger partial charge in [-0.15, -0.1) is 0 Å². The van der Waals surface area contributed by atoms with E-state index >= 15 is 0 Å². The molecule has 0 bridgehead atoms. The lowest BCUT2D eigenvalue weighted by Crippen LogP contribution is -2.64. The predicted molar refractivity (Wildman–Crippen MR) is 139 cm³/mol. The van der Waals surface area contributed by atoms with Crippen molar-refractivity contribution < 1.29 is 19.1 Å². The Bertz CT molecular complexity index is 1260. The van der Waals surface area contributed by atoms with E-state index in [1.54, 1.807) is 23.5 Å². The van der Waals surface area contributed by atoms with Crippen molar-refractivity contribution >= 4 is 17.7 Å². The Morgan fingerprint density at radius 1 is 1.05 bits per heavy atom. The molecule has 0 radical (unpaired) electrons. The number of amides is 3. The van der Waals surface area contributed by atoms with E-state index in [9.17, 15) is 14.4 Å². The average Bonchev–Trinajstić information content (AvgIpc) is 3.34. The lowest BCUT2D eigenvalue weighted by Gasteiger charge is -2.43. The van der Waals surface area contributed by atoms with Crippen LogP contribution in [0, 0.1) is 0 Å². The first-order valence-corrected chi connectivity index (χ1v) is 12.5. The smallest absolute Gasteiger partial charge is 0.273 e. The largest absolute Gasteiger partial charge is 0.497 e. The molecule has 9 heteroatoms. The second-order valence-corrected chi connectivity index (χ2v) is 9.32. The van der Waals surface area contributed by atoms with Gasteiger partial charge in [-0.25, -0.2) is 4.98 Å². The minimum absolute atomic E-state index is 0.0832. The predicted octanol–water partition coefficient (Wildman–Crippen LogP) is 2.81. The zero-order valence-electron chi connectivity index (χ0n) is 21.5. The van der Waals surface area contributed by atoms with Gasteiger partial charge in [-0.3, -0.25) is 14.4 Å². The monoisotopic (exact) mass is 503 g/mol. The van der Waals surface area contributed by atoms with Crippen LogP contribution in [0.1, 0.15) is 52.4 Å². The number of rotatable bonds is 10. The molecule has 1 aromatic heterocycles. The van der Waals surface area contributed by atoms with Crippen LogP contribution in [0.15, 0.2) is 60.9 Å². The Kier molecular flexibility index (Phi) is 7.91. The molecule has 1 aliphatic heterocycles. The Morgan fingerprint density at radius 2 is 1.78 bits per heavy atom. The molecular formula is C28H33N5O4. The number of fused-ring (bicyclic) bond motifs is 1. The van der Waals surface area contributed by atoms with E-state index in [4.69, 9.17) is 4.74 Å². The lowest BCUT2D eigenvalue weighted by molar-refractivity contribution is -0.133. The molecule has 0 aliphatic carbocycles. The van der Waals surface area contributed by atoms with Gasteiger partial charge in [0.05, 0.1) is 20.0 Å². The van der Waals surface area contributed by atoms with Crippen LogP contribution in [-0.2, 0) is 24.3 Å². The molecule has 4 rings (SSSR count).